The summed E-state index contributed by atoms with van der Waals surface area (Å²) in [4.78, 5) is 3.86. The fourth-order valence-electron chi connectivity index (χ4n) is 1.27. The van der Waals surface area contributed by atoms with Gasteiger partial charge in [0.05, 0.1) is 26.0 Å². The maximum Gasteiger partial charge on any atom is 0.291 e. The third-order valence-electron chi connectivity index (χ3n) is 1.97. The van der Waals surface area contributed by atoms with Gasteiger partial charge in [0.2, 0.25) is 0 Å². The molecule has 0 N–H and O–H groups in total. The van der Waals surface area contributed by atoms with Crippen LogP contribution in [0.2, 0.25) is 0 Å². The van der Waals surface area contributed by atoms with E-state index >= 15 is 0 Å². The first kappa shape index (κ1) is 10.5. The summed E-state index contributed by atoms with van der Waals surface area (Å²) in [5.74, 6) is 0.411. The molecule has 0 atom stereocenters. The van der Waals surface area contributed by atoms with Crippen LogP contribution in [0.25, 0.3) is 0 Å². The van der Waals surface area contributed by atoms with Crippen molar-refractivity contribution in [1.29, 1.82) is 0 Å². The summed E-state index contributed by atoms with van der Waals surface area (Å²) < 4.78 is 3.65. The number of nitrogens with zero attached hydrogens (tertiary/aromatic N) is 3. The van der Waals surface area contributed by atoms with Gasteiger partial charge in [0.25, 0.3) is 5.82 Å². The van der Waals surface area contributed by atoms with Crippen LogP contribution in [0, 0.1) is 0 Å². The predicted molar refractivity (Wildman–Crippen MR) is 52.9 cm³/mol. The van der Waals surface area contributed by atoms with E-state index < -0.39 is 0 Å². The molecule has 0 aliphatic heterocycles. The molecule has 14 heavy (non-hydrogen) atoms. The second-order valence-electron chi connectivity index (χ2n) is 2.95. The van der Waals surface area contributed by atoms with Crippen LogP contribution in [0.4, 0.5) is 0 Å². The minimum absolute atomic E-state index is 0.195. The van der Waals surface area contributed by atoms with Crippen molar-refractivity contribution in [1.82, 2.24) is 4.57 Å². The van der Waals surface area contributed by atoms with E-state index in [0.29, 0.717) is 12.4 Å². The number of hydrogen-bond donors (Lipinski definition) is 0. The molecule has 0 bridgehead atoms. The van der Waals surface area contributed by atoms with E-state index in [-0.39, 0.29) is 5.90 Å². The van der Waals surface area contributed by atoms with E-state index in [2.05, 4.69) is 11.6 Å². The molecule has 1 heterocycles. The van der Waals surface area contributed by atoms with Crippen molar-refractivity contribution in [2.75, 3.05) is 6.54 Å². The Kier molecular flexibility index (Phi) is 3.45. The first-order valence-corrected chi connectivity index (χ1v) is 4.58. The number of rotatable bonds is 4. The van der Waals surface area contributed by atoms with Gasteiger partial charge in [-0.1, -0.05) is 6.08 Å². The van der Waals surface area contributed by atoms with Gasteiger partial charge in [-0.05, 0) is 6.92 Å². The van der Waals surface area contributed by atoms with Crippen LogP contribution in [0.15, 0.2) is 30.0 Å². The Hall–Kier alpha value is -1.58. The second kappa shape index (κ2) is 4.60. The summed E-state index contributed by atoms with van der Waals surface area (Å²) in [5.41, 5.74) is 0. The van der Waals surface area contributed by atoms with Crippen molar-refractivity contribution < 1.29 is 9.67 Å². The summed E-state index contributed by atoms with van der Waals surface area (Å²) in [6, 6.07) is 0. The van der Waals surface area contributed by atoms with Crippen LogP contribution in [0.3, 0.4) is 0 Å². The van der Waals surface area contributed by atoms with E-state index in [0.717, 1.165) is 6.54 Å². The summed E-state index contributed by atoms with van der Waals surface area (Å²) in [6.07, 6.45) is 5.33. The van der Waals surface area contributed by atoms with Gasteiger partial charge >= 0.3 is 0 Å². The molecule has 4 heteroatoms. The standard InChI is InChI=1S/C10H15N3O/c1-4-6-11-9(14)10-12(3)7-8-13(10)5-2/h4,7-8H,1,5-6H2,2-3H3. The zero-order chi connectivity index (χ0) is 10.6. The van der Waals surface area contributed by atoms with E-state index in [1.54, 1.807) is 10.6 Å². The molecule has 1 aromatic heterocycles. The molecule has 0 aliphatic rings. The minimum Gasteiger partial charge on any atom is -0.853 e. The highest BCUT2D eigenvalue weighted by Crippen LogP contribution is 1.94. The monoisotopic (exact) mass is 193 g/mol. The van der Waals surface area contributed by atoms with Crippen LogP contribution in [-0.4, -0.2) is 17.0 Å². The van der Waals surface area contributed by atoms with Gasteiger partial charge in [0.1, 0.15) is 12.4 Å². The molecule has 0 aromatic carbocycles. The third kappa shape index (κ3) is 2.02. The molecule has 0 spiro atoms. The SMILES string of the molecule is C=CCN=C([O-])c1n(CC)cc[n+]1C. The summed E-state index contributed by atoms with van der Waals surface area (Å²) in [5, 5.41) is 11.6. The van der Waals surface area contributed by atoms with Gasteiger partial charge in [-0.2, -0.15) is 0 Å². The Balaban J connectivity index is 3.03. The topological polar surface area (TPSA) is 44.2 Å². The van der Waals surface area contributed by atoms with Crippen LogP contribution < -0.4 is 9.67 Å². The van der Waals surface area contributed by atoms with E-state index in [1.807, 2.05) is 30.9 Å². The average molecular weight is 193 g/mol. The highest BCUT2D eigenvalue weighted by atomic mass is 16.3. The highest BCUT2D eigenvalue weighted by Gasteiger charge is 2.12. The van der Waals surface area contributed by atoms with Crippen LogP contribution in [0.5, 0.6) is 0 Å². The molecular weight excluding hydrogens is 178 g/mol. The van der Waals surface area contributed by atoms with Gasteiger partial charge in [-0.15, -0.1) is 6.58 Å². The quantitative estimate of drug-likeness (QED) is 0.278. The van der Waals surface area contributed by atoms with Crippen LogP contribution in [-0.2, 0) is 13.6 Å². The number of aryl methyl sites for hydroxylation is 2. The van der Waals surface area contributed by atoms with Crippen molar-refractivity contribution in [3.8, 4) is 0 Å². The minimum atomic E-state index is -0.195. The lowest BCUT2D eigenvalue weighted by molar-refractivity contribution is -0.674. The Labute approximate surface area is 83.8 Å². The fourth-order valence-corrected chi connectivity index (χ4v) is 1.27. The normalized spacial score (nSPS) is 11.7. The molecule has 76 valence electrons. The van der Waals surface area contributed by atoms with Gasteiger partial charge in [-0.25, -0.2) is 9.13 Å². The van der Waals surface area contributed by atoms with Crippen LogP contribution in [0.1, 0.15) is 12.7 Å². The first-order valence-electron chi connectivity index (χ1n) is 4.58. The number of aromatic nitrogens is 2. The molecule has 4 nitrogen and oxygen atoms in total. The maximum absolute atomic E-state index is 11.6. The molecule has 0 aliphatic carbocycles. The molecular formula is C10H15N3O. The smallest absolute Gasteiger partial charge is 0.291 e. The van der Waals surface area contributed by atoms with Crippen molar-refractivity contribution >= 4 is 5.90 Å². The zero-order valence-corrected chi connectivity index (χ0v) is 8.60. The van der Waals surface area contributed by atoms with E-state index in [9.17, 15) is 5.11 Å². The van der Waals surface area contributed by atoms with Gasteiger partial charge in [-0.3, -0.25) is 4.99 Å². The molecule has 0 saturated carbocycles. The fraction of sp³-hybridized carbons (Fsp3) is 0.400. The Morgan fingerprint density at radius 3 is 3.07 bits per heavy atom. The predicted octanol–water partition coefficient (Wildman–Crippen LogP) is -0.375. The molecule has 1 rings (SSSR count). The lowest BCUT2D eigenvalue weighted by Crippen LogP contribution is -2.40. The lowest BCUT2D eigenvalue weighted by Gasteiger charge is -2.07. The maximum atomic E-state index is 11.6. The number of aliphatic imine (C=N–C) groups is 1. The summed E-state index contributed by atoms with van der Waals surface area (Å²) in [7, 11) is 1.84. The number of imidazole rings is 1. The molecule has 0 unspecified atom stereocenters. The van der Waals surface area contributed by atoms with Gasteiger partial charge in [0, 0.05) is 0 Å². The summed E-state index contributed by atoms with van der Waals surface area (Å²) >= 11 is 0. The molecule has 1 aromatic rings. The first-order chi connectivity index (χ1) is 6.70. The van der Waals surface area contributed by atoms with Crippen molar-refractivity contribution in [3.63, 3.8) is 0 Å². The Morgan fingerprint density at radius 1 is 1.79 bits per heavy atom. The molecule has 0 radical (unpaired) electrons. The van der Waals surface area contributed by atoms with Crippen molar-refractivity contribution in [2.24, 2.45) is 12.0 Å². The second-order valence-corrected chi connectivity index (χ2v) is 2.95. The Morgan fingerprint density at radius 2 is 2.50 bits per heavy atom. The Bertz CT molecular complexity index is 352. The average Bonchev–Trinajstić information content (AvgIpc) is 2.56. The molecule has 0 saturated heterocycles. The van der Waals surface area contributed by atoms with Gasteiger partial charge in [0.15, 0.2) is 0 Å². The lowest BCUT2D eigenvalue weighted by atomic mass is 10.5. The molecule has 0 amide bonds. The molecule has 0 fully saturated rings. The van der Waals surface area contributed by atoms with E-state index in [1.165, 1.54) is 0 Å². The third-order valence-corrected chi connectivity index (χ3v) is 1.97. The van der Waals surface area contributed by atoms with Crippen LogP contribution >= 0.6 is 0 Å². The van der Waals surface area contributed by atoms with Crippen molar-refractivity contribution in [3.05, 3.63) is 30.9 Å². The van der Waals surface area contributed by atoms with Crippen molar-refractivity contribution in [2.45, 2.75) is 13.5 Å². The number of hydrogen-bond acceptors (Lipinski definition) is 2. The summed E-state index contributed by atoms with van der Waals surface area (Å²) in [6.45, 7) is 6.65. The zero-order valence-electron chi connectivity index (χ0n) is 8.60. The highest BCUT2D eigenvalue weighted by molar-refractivity contribution is 5.85. The van der Waals surface area contributed by atoms with Gasteiger partial charge < -0.3 is 5.11 Å². The largest absolute Gasteiger partial charge is 0.853 e. The van der Waals surface area contributed by atoms with E-state index in [4.69, 9.17) is 0 Å².